The molecule has 0 radical (unpaired) electrons. The molecule has 1 aliphatic rings. The highest BCUT2D eigenvalue weighted by Gasteiger charge is 2.26. The van der Waals surface area contributed by atoms with Gasteiger partial charge in [0.05, 0.1) is 18.3 Å². The van der Waals surface area contributed by atoms with Gasteiger partial charge >= 0.3 is 5.97 Å². The van der Waals surface area contributed by atoms with E-state index < -0.39 is 6.10 Å². The zero-order valence-corrected chi connectivity index (χ0v) is 14.3. The first kappa shape index (κ1) is 17.0. The molecule has 1 fully saturated rings. The van der Waals surface area contributed by atoms with Crippen molar-refractivity contribution in [2.75, 3.05) is 44.2 Å². The Hall–Kier alpha value is -1.41. The molecule has 1 unspecified atom stereocenters. The number of esters is 1. The Morgan fingerprint density at radius 1 is 1.23 bits per heavy atom. The van der Waals surface area contributed by atoms with Crippen LogP contribution in [0.25, 0.3) is 0 Å². The SMILES string of the molecule is CCOC(=O)C(CC)Oc1nsnc1N1CCN(CC)CC1. The predicted molar refractivity (Wildman–Crippen MR) is 85.6 cm³/mol. The maximum Gasteiger partial charge on any atom is 0.347 e. The first-order chi connectivity index (χ1) is 10.7. The van der Waals surface area contributed by atoms with E-state index in [2.05, 4.69) is 25.5 Å². The number of rotatable bonds is 7. The number of nitrogens with zero attached hydrogens (tertiary/aromatic N) is 4. The average molecular weight is 328 g/mol. The number of hydrogen-bond donors (Lipinski definition) is 0. The maximum absolute atomic E-state index is 11.9. The number of likely N-dealkylation sites (N-methyl/N-ethyl adjacent to an activating group) is 1. The van der Waals surface area contributed by atoms with Crippen LogP contribution >= 0.6 is 11.7 Å². The highest BCUT2D eigenvalue weighted by Crippen LogP contribution is 2.28. The fourth-order valence-corrected chi connectivity index (χ4v) is 2.90. The van der Waals surface area contributed by atoms with Crippen LogP contribution in [-0.2, 0) is 9.53 Å². The lowest BCUT2D eigenvalue weighted by atomic mass is 10.3. The maximum atomic E-state index is 11.9. The minimum absolute atomic E-state index is 0.347. The van der Waals surface area contributed by atoms with E-state index in [1.807, 2.05) is 6.92 Å². The van der Waals surface area contributed by atoms with Crippen molar-refractivity contribution in [3.8, 4) is 5.88 Å². The van der Waals surface area contributed by atoms with E-state index in [9.17, 15) is 4.79 Å². The molecule has 2 heterocycles. The Kier molecular flexibility index (Phi) is 6.38. The summed E-state index contributed by atoms with van der Waals surface area (Å²) in [6.45, 7) is 11.0. The number of ether oxygens (including phenoxy) is 2. The summed E-state index contributed by atoms with van der Waals surface area (Å²) in [7, 11) is 0. The van der Waals surface area contributed by atoms with Gasteiger partial charge in [-0.3, -0.25) is 0 Å². The third kappa shape index (κ3) is 4.07. The number of anilines is 1. The second kappa shape index (κ2) is 8.28. The van der Waals surface area contributed by atoms with Crippen molar-refractivity contribution in [2.24, 2.45) is 0 Å². The van der Waals surface area contributed by atoms with Crippen LogP contribution in [0.15, 0.2) is 0 Å². The quantitative estimate of drug-likeness (QED) is 0.701. The Morgan fingerprint density at radius 2 is 1.95 bits per heavy atom. The lowest BCUT2D eigenvalue weighted by molar-refractivity contribution is -0.151. The molecule has 0 saturated carbocycles. The molecule has 1 aliphatic heterocycles. The molecule has 0 aromatic carbocycles. The minimum Gasteiger partial charge on any atom is -0.463 e. The number of piperazine rings is 1. The highest BCUT2D eigenvalue weighted by atomic mass is 32.1. The summed E-state index contributed by atoms with van der Waals surface area (Å²) in [6.07, 6.45) is -0.0844. The van der Waals surface area contributed by atoms with Gasteiger partial charge in [-0.05, 0) is 19.9 Å². The summed E-state index contributed by atoms with van der Waals surface area (Å²) in [6, 6.07) is 0. The molecule has 1 aromatic rings. The summed E-state index contributed by atoms with van der Waals surface area (Å²) >= 11 is 1.11. The molecule has 0 bridgehead atoms. The van der Waals surface area contributed by atoms with Gasteiger partial charge in [-0.25, -0.2) is 4.79 Å². The van der Waals surface area contributed by atoms with E-state index in [0.717, 1.165) is 50.3 Å². The molecule has 7 nitrogen and oxygen atoms in total. The van der Waals surface area contributed by atoms with E-state index in [0.29, 0.717) is 18.9 Å². The summed E-state index contributed by atoms with van der Waals surface area (Å²) in [5.41, 5.74) is 0. The van der Waals surface area contributed by atoms with Crippen LogP contribution < -0.4 is 9.64 Å². The zero-order chi connectivity index (χ0) is 15.9. The van der Waals surface area contributed by atoms with Crippen LogP contribution in [0.3, 0.4) is 0 Å². The molecule has 0 amide bonds. The molecule has 1 saturated heterocycles. The predicted octanol–water partition coefficient (Wildman–Crippen LogP) is 1.40. The molecule has 1 aromatic heterocycles. The first-order valence-corrected chi connectivity index (χ1v) is 8.55. The van der Waals surface area contributed by atoms with Crippen molar-refractivity contribution >= 4 is 23.5 Å². The number of carbonyl (C=O) groups excluding carboxylic acids is 1. The van der Waals surface area contributed by atoms with Crippen LogP contribution in [0.4, 0.5) is 5.82 Å². The highest BCUT2D eigenvalue weighted by molar-refractivity contribution is 6.99. The molecule has 0 N–H and O–H groups in total. The fraction of sp³-hybridized carbons (Fsp3) is 0.786. The van der Waals surface area contributed by atoms with Crippen LogP contribution in [0, 0.1) is 0 Å². The summed E-state index contributed by atoms with van der Waals surface area (Å²) < 4.78 is 19.3. The summed E-state index contributed by atoms with van der Waals surface area (Å²) in [5.74, 6) is 0.832. The topological polar surface area (TPSA) is 67.8 Å². The lowest BCUT2D eigenvalue weighted by Crippen LogP contribution is -2.46. The Bertz CT molecular complexity index is 474. The van der Waals surface area contributed by atoms with Gasteiger partial charge in [0.2, 0.25) is 5.82 Å². The van der Waals surface area contributed by atoms with Crippen LogP contribution in [-0.4, -0.2) is 65.1 Å². The number of carbonyl (C=O) groups is 1. The van der Waals surface area contributed by atoms with Gasteiger partial charge in [-0.15, -0.1) is 4.37 Å². The van der Waals surface area contributed by atoms with Gasteiger partial charge in [0.1, 0.15) is 0 Å². The smallest absolute Gasteiger partial charge is 0.347 e. The summed E-state index contributed by atoms with van der Waals surface area (Å²) in [5, 5.41) is 0. The van der Waals surface area contributed by atoms with E-state index in [1.165, 1.54) is 0 Å². The van der Waals surface area contributed by atoms with Crippen LogP contribution in [0.1, 0.15) is 27.2 Å². The van der Waals surface area contributed by atoms with Crippen LogP contribution in [0.2, 0.25) is 0 Å². The molecule has 1 atom stereocenters. The third-order valence-corrected chi connectivity index (χ3v) is 4.24. The van der Waals surface area contributed by atoms with E-state index in [1.54, 1.807) is 6.92 Å². The van der Waals surface area contributed by atoms with Crippen molar-refractivity contribution in [1.82, 2.24) is 13.6 Å². The molecule has 22 heavy (non-hydrogen) atoms. The zero-order valence-electron chi connectivity index (χ0n) is 13.4. The van der Waals surface area contributed by atoms with Crippen LogP contribution in [0.5, 0.6) is 5.88 Å². The molecule has 8 heteroatoms. The molecule has 2 rings (SSSR count). The normalized spacial score (nSPS) is 17.3. The molecular formula is C14H24N4O3S. The molecule has 124 valence electrons. The van der Waals surface area contributed by atoms with Gasteiger partial charge in [-0.2, -0.15) is 4.37 Å². The van der Waals surface area contributed by atoms with Gasteiger partial charge in [0, 0.05) is 26.2 Å². The lowest BCUT2D eigenvalue weighted by Gasteiger charge is -2.34. The summed E-state index contributed by atoms with van der Waals surface area (Å²) in [4.78, 5) is 16.4. The standard InChI is InChI=1S/C14H24N4O3S/c1-4-11(14(19)20-6-3)21-13-12(15-22-16-13)18-9-7-17(5-2)8-10-18/h11H,4-10H2,1-3H3. The molecular weight excluding hydrogens is 304 g/mol. The second-order valence-electron chi connectivity index (χ2n) is 5.08. The van der Waals surface area contributed by atoms with Gasteiger partial charge < -0.3 is 19.3 Å². The third-order valence-electron chi connectivity index (χ3n) is 3.74. The Labute approximate surface area is 135 Å². The Morgan fingerprint density at radius 3 is 2.55 bits per heavy atom. The fourth-order valence-electron chi connectivity index (χ4n) is 2.39. The van der Waals surface area contributed by atoms with Crippen molar-refractivity contribution in [2.45, 2.75) is 33.3 Å². The van der Waals surface area contributed by atoms with Crippen molar-refractivity contribution < 1.29 is 14.3 Å². The van der Waals surface area contributed by atoms with Crippen molar-refractivity contribution in [3.63, 3.8) is 0 Å². The average Bonchev–Trinajstić information content (AvgIpc) is 3.01. The first-order valence-electron chi connectivity index (χ1n) is 7.82. The van der Waals surface area contributed by atoms with Gasteiger partial charge in [0.25, 0.3) is 5.88 Å². The van der Waals surface area contributed by atoms with E-state index in [4.69, 9.17) is 9.47 Å². The second-order valence-corrected chi connectivity index (χ2v) is 5.61. The largest absolute Gasteiger partial charge is 0.463 e. The Balaban J connectivity index is 2.01. The molecule has 0 spiro atoms. The van der Waals surface area contributed by atoms with Crippen molar-refractivity contribution in [3.05, 3.63) is 0 Å². The van der Waals surface area contributed by atoms with E-state index in [-0.39, 0.29) is 5.97 Å². The molecule has 0 aliphatic carbocycles. The van der Waals surface area contributed by atoms with Gasteiger partial charge in [-0.1, -0.05) is 13.8 Å². The number of aromatic nitrogens is 2. The van der Waals surface area contributed by atoms with Gasteiger partial charge in [0.15, 0.2) is 6.10 Å². The van der Waals surface area contributed by atoms with E-state index >= 15 is 0 Å². The van der Waals surface area contributed by atoms with Crippen molar-refractivity contribution in [1.29, 1.82) is 0 Å². The monoisotopic (exact) mass is 328 g/mol. The minimum atomic E-state index is -0.625. The number of hydrogen-bond acceptors (Lipinski definition) is 8.